The lowest BCUT2D eigenvalue weighted by atomic mass is 9.97. The molecule has 8 heteroatoms. The van der Waals surface area contributed by atoms with E-state index in [-0.39, 0.29) is 16.5 Å². The van der Waals surface area contributed by atoms with Crippen molar-refractivity contribution in [1.82, 2.24) is 4.98 Å². The van der Waals surface area contributed by atoms with Gasteiger partial charge in [0.05, 0.1) is 48.3 Å². The molecule has 0 fully saturated rings. The average molecular weight is 477 g/mol. The fourth-order valence-electron chi connectivity index (χ4n) is 2.60. The van der Waals surface area contributed by atoms with Gasteiger partial charge in [-0.25, -0.2) is 0 Å². The summed E-state index contributed by atoms with van der Waals surface area (Å²) in [5.41, 5.74) is 2.57. The molecule has 0 bridgehead atoms. The lowest BCUT2D eigenvalue weighted by molar-refractivity contribution is 1.19. The number of hydrogen-bond donors (Lipinski definition) is 0. The zero-order valence-corrected chi connectivity index (χ0v) is 17.9. The summed E-state index contributed by atoms with van der Waals surface area (Å²) >= 11 is 38.0. The zero-order chi connectivity index (χ0) is 19.7. The molecular weight excluding hydrogens is 469 g/mol. The fraction of sp³-hybridized carbons (Fsp3) is 0.0526. The van der Waals surface area contributed by atoms with E-state index in [4.69, 9.17) is 74.9 Å². The second-order valence-electron chi connectivity index (χ2n) is 5.51. The van der Waals surface area contributed by atoms with Gasteiger partial charge in [-0.1, -0.05) is 69.6 Å². The molecular formula is C19H8Cl6N2. The predicted molar refractivity (Wildman–Crippen MR) is 114 cm³/mol. The topological polar surface area (TPSA) is 36.7 Å². The molecule has 0 amide bonds. The van der Waals surface area contributed by atoms with Crippen LogP contribution >= 0.6 is 69.6 Å². The number of hydrogen-bond acceptors (Lipinski definition) is 2. The van der Waals surface area contributed by atoms with Crippen LogP contribution < -0.4 is 0 Å². The molecule has 0 radical (unpaired) electrons. The SMILES string of the molecule is N#CCc1cnc(-c2c(Cl)ccc(Cl)c2Cl)c(-c2c(Cl)ccc(Cl)c2Cl)c1. The van der Waals surface area contributed by atoms with E-state index in [1.54, 1.807) is 36.5 Å². The lowest BCUT2D eigenvalue weighted by Crippen LogP contribution is -1.96. The monoisotopic (exact) mass is 474 g/mol. The third kappa shape index (κ3) is 4.00. The quantitative estimate of drug-likeness (QED) is 0.356. The van der Waals surface area contributed by atoms with Gasteiger partial charge in [0.15, 0.2) is 0 Å². The van der Waals surface area contributed by atoms with E-state index in [0.29, 0.717) is 48.0 Å². The number of nitriles is 1. The maximum Gasteiger partial charge on any atom is 0.0812 e. The van der Waals surface area contributed by atoms with E-state index in [9.17, 15) is 0 Å². The highest BCUT2D eigenvalue weighted by molar-refractivity contribution is 6.47. The first kappa shape index (κ1) is 20.6. The molecule has 0 saturated carbocycles. The van der Waals surface area contributed by atoms with Crippen molar-refractivity contribution in [2.75, 3.05) is 0 Å². The van der Waals surface area contributed by atoms with E-state index < -0.39 is 0 Å². The maximum atomic E-state index is 9.03. The minimum Gasteiger partial charge on any atom is -0.255 e. The molecule has 136 valence electrons. The zero-order valence-electron chi connectivity index (χ0n) is 13.3. The molecule has 0 aliphatic carbocycles. The van der Waals surface area contributed by atoms with E-state index in [1.807, 2.05) is 0 Å². The second-order valence-corrected chi connectivity index (χ2v) is 7.90. The van der Waals surface area contributed by atoms with E-state index in [0.717, 1.165) is 0 Å². The average Bonchev–Trinajstić information content (AvgIpc) is 2.64. The van der Waals surface area contributed by atoms with Crippen molar-refractivity contribution in [2.45, 2.75) is 6.42 Å². The highest BCUT2D eigenvalue weighted by Gasteiger charge is 2.22. The Morgan fingerprint density at radius 2 is 1.30 bits per heavy atom. The number of nitrogens with zero attached hydrogens (tertiary/aromatic N) is 2. The van der Waals surface area contributed by atoms with Crippen LogP contribution in [-0.4, -0.2) is 4.98 Å². The molecule has 0 N–H and O–H groups in total. The highest BCUT2D eigenvalue weighted by atomic mass is 35.5. The van der Waals surface area contributed by atoms with Crippen LogP contribution in [0.2, 0.25) is 30.1 Å². The van der Waals surface area contributed by atoms with Crippen LogP contribution in [0.1, 0.15) is 5.56 Å². The van der Waals surface area contributed by atoms with E-state index in [1.165, 1.54) is 0 Å². The second kappa shape index (κ2) is 8.45. The van der Waals surface area contributed by atoms with Crippen molar-refractivity contribution in [1.29, 1.82) is 5.26 Å². The largest absolute Gasteiger partial charge is 0.255 e. The van der Waals surface area contributed by atoms with Crippen LogP contribution in [-0.2, 0) is 6.42 Å². The first-order chi connectivity index (χ1) is 12.8. The smallest absolute Gasteiger partial charge is 0.0812 e. The number of rotatable bonds is 3. The summed E-state index contributed by atoms with van der Waals surface area (Å²) in [6, 6.07) is 10.3. The summed E-state index contributed by atoms with van der Waals surface area (Å²) in [4.78, 5) is 4.48. The number of benzene rings is 2. The van der Waals surface area contributed by atoms with Crippen LogP contribution in [0.25, 0.3) is 22.4 Å². The van der Waals surface area contributed by atoms with Crippen molar-refractivity contribution in [3.63, 3.8) is 0 Å². The van der Waals surface area contributed by atoms with Gasteiger partial charge in [-0.15, -0.1) is 0 Å². The van der Waals surface area contributed by atoms with Gasteiger partial charge in [0.2, 0.25) is 0 Å². The number of halogens is 6. The molecule has 2 aromatic carbocycles. The van der Waals surface area contributed by atoms with Gasteiger partial charge in [-0.05, 0) is 35.9 Å². The Bertz CT molecular complexity index is 1090. The van der Waals surface area contributed by atoms with Crippen LogP contribution in [0, 0.1) is 11.3 Å². The third-order valence-corrected chi connectivity index (χ3v) is 6.06. The molecule has 1 aromatic heterocycles. The van der Waals surface area contributed by atoms with Crippen molar-refractivity contribution >= 4 is 69.6 Å². The van der Waals surface area contributed by atoms with Crippen LogP contribution in [0.4, 0.5) is 0 Å². The van der Waals surface area contributed by atoms with Crippen molar-refractivity contribution in [2.24, 2.45) is 0 Å². The molecule has 0 saturated heterocycles. The minimum absolute atomic E-state index is 0.160. The summed E-state index contributed by atoms with van der Waals surface area (Å²) in [6.45, 7) is 0. The van der Waals surface area contributed by atoms with Crippen LogP contribution in [0.5, 0.6) is 0 Å². The van der Waals surface area contributed by atoms with Crippen molar-refractivity contribution in [3.8, 4) is 28.5 Å². The molecule has 0 unspecified atom stereocenters. The van der Waals surface area contributed by atoms with Crippen molar-refractivity contribution < 1.29 is 0 Å². The number of aromatic nitrogens is 1. The molecule has 0 aliphatic heterocycles. The Morgan fingerprint density at radius 3 is 1.89 bits per heavy atom. The van der Waals surface area contributed by atoms with Gasteiger partial charge in [-0.2, -0.15) is 5.26 Å². The molecule has 3 rings (SSSR count). The summed E-state index contributed by atoms with van der Waals surface area (Å²) in [7, 11) is 0. The summed E-state index contributed by atoms with van der Waals surface area (Å²) in [5, 5.41) is 10.9. The lowest BCUT2D eigenvalue weighted by Gasteiger charge is -2.16. The molecule has 0 spiro atoms. The normalized spacial score (nSPS) is 10.7. The van der Waals surface area contributed by atoms with Gasteiger partial charge in [-0.3, -0.25) is 4.98 Å². The van der Waals surface area contributed by atoms with Gasteiger partial charge in [0, 0.05) is 22.9 Å². The standard InChI is InChI=1S/C19H8Cl6N2/c20-11-1-3-13(22)17(24)15(11)10-7-9(5-6-26)8-27-19(10)16-12(21)2-4-14(23)18(16)25/h1-4,7-8H,5H2. The fourth-order valence-corrected chi connectivity index (χ4v) is 4.04. The molecule has 2 nitrogen and oxygen atoms in total. The Kier molecular flexibility index (Phi) is 6.43. The first-order valence-electron chi connectivity index (χ1n) is 7.48. The van der Waals surface area contributed by atoms with Gasteiger partial charge in [0.1, 0.15) is 0 Å². The first-order valence-corrected chi connectivity index (χ1v) is 9.75. The van der Waals surface area contributed by atoms with E-state index in [2.05, 4.69) is 11.1 Å². The molecule has 0 atom stereocenters. The summed E-state index contributed by atoms with van der Waals surface area (Å²) in [5.74, 6) is 0. The third-order valence-electron chi connectivity index (χ3n) is 3.82. The molecule has 0 aliphatic rings. The maximum absolute atomic E-state index is 9.03. The predicted octanol–water partition coefficient (Wildman–Crippen LogP) is 8.40. The van der Waals surface area contributed by atoms with E-state index >= 15 is 0 Å². The summed E-state index contributed by atoms with van der Waals surface area (Å²) in [6.07, 6.45) is 1.73. The molecule has 1 heterocycles. The van der Waals surface area contributed by atoms with Gasteiger partial charge < -0.3 is 0 Å². The van der Waals surface area contributed by atoms with Gasteiger partial charge in [0.25, 0.3) is 0 Å². The summed E-state index contributed by atoms with van der Waals surface area (Å²) < 4.78 is 0. The van der Waals surface area contributed by atoms with Gasteiger partial charge >= 0.3 is 0 Å². The molecule has 3 aromatic rings. The van der Waals surface area contributed by atoms with Crippen molar-refractivity contribution in [3.05, 3.63) is 72.2 Å². The number of pyridine rings is 1. The highest BCUT2D eigenvalue weighted by Crippen LogP contribution is 2.46. The Labute approximate surface area is 186 Å². The molecule has 27 heavy (non-hydrogen) atoms. The van der Waals surface area contributed by atoms with Crippen LogP contribution in [0.15, 0.2) is 36.5 Å². The minimum atomic E-state index is 0.160. The Balaban J connectivity index is 2.41. The Morgan fingerprint density at radius 1 is 0.778 bits per heavy atom. The van der Waals surface area contributed by atoms with Crippen LogP contribution in [0.3, 0.4) is 0 Å². The Hall–Kier alpha value is -1.18.